The minimum absolute atomic E-state index is 0.0408. The first-order valence-corrected chi connectivity index (χ1v) is 7.69. The second kappa shape index (κ2) is 6.96. The topological polar surface area (TPSA) is 38.5 Å². The number of nitrogens with zero attached hydrogens (tertiary/aromatic N) is 1. The van der Waals surface area contributed by atoms with Crippen LogP contribution >= 0.6 is 15.9 Å². The molecule has 2 rings (SSSR count). The van der Waals surface area contributed by atoms with Crippen LogP contribution in [0.1, 0.15) is 24.1 Å². The molecule has 0 aliphatic heterocycles. The fourth-order valence-corrected chi connectivity index (χ4v) is 2.94. The number of benzene rings is 2. The first-order valence-electron chi connectivity index (χ1n) is 6.90. The van der Waals surface area contributed by atoms with Gasteiger partial charge in [-0.2, -0.15) is 0 Å². The minimum atomic E-state index is 0.0408. The van der Waals surface area contributed by atoms with Crippen molar-refractivity contribution in [3.05, 3.63) is 58.1 Å². The summed E-state index contributed by atoms with van der Waals surface area (Å²) in [7, 11) is 3.76. The molecule has 0 aliphatic carbocycles. The number of anilines is 1. The van der Waals surface area contributed by atoms with E-state index in [0.29, 0.717) is 0 Å². The van der Waals surface area contributed by atoms with Crippen molar-refractivity contribution < 1.29 is 4.74 Å². The van der Waals surface area contributed by atoms with Crippen LogP contribution in [0.2, 0.25) is 0 Å². The Kier molecular flexibility index (Phi) is 5.26. The number of hydrogen-bond donors (Lipinski definition) is 1. The zero-order valence-electron chi connectivity index (χ0n) is 12.6. The zero-order chi connectivity index (χ0) is 15.4. The number of hydrogen-bond acceptors (Lipinski definition) is 3. The van der Waals surface area contributed by atoms with E-state index in [9.17, 15) is 0 Å². The van der Waals surface area contributed by atoms with Gasteiger partial charge in [-0.05, 0) is 58.2 Å². The standard InChI is InChI=1S/C17H21BrN2O/c1-12(19)14-7-8-17(16(18)10-14)20(2)11-13-5-4-6-15(9-13)21-3/h4-10,12H,11,19H2,1-3H3/t12-/m1/s1. The Balaban J connectivity index is 2.18. The highest BCUT2D eigenvalue weighted by molar-refractivity contribution is 9.10. The summed E-state index contributed by atoms with van der Waals surface area (Å²) in [5, 5.41) is 0. The molecule has 0 aromatic heterocycles. The Hall–Kier alpha value is -1.52. The van der Waals surface area contributed by atoms with E-state index in [1.165, 1.54) is 5.56 Å². The Bertz CT molecular complexity index is 613. The van der Waals surface area contributed by atoms with Gasteiger partial charge in [-0.1, -0.05) is 18.2 Å². The quantitative estimate of drug-likeness (QED) is 0.883. The first-order chi connectivity index (χ1) is 10.0. The molecule has 1 atom stereocenters. The van der Waals surface area contributed by atoms with Gasteiger partial charge >= 0.3 is 0 Å². The normalized spacial score (nSPS) is 12.0. The molecule has 0 radical (unpaired) electrons. The van der Waals surface area contributed by atoms with Gasteiger partial charge in [0.2, 0.25) is 0 Å². The highest BCUT2D eigenvalue weighted by Crippen LogP contribution is 2.29. The predicted octanol–water partition coefficient (Wildman–Crippen LogP) is 4.11. The number of ether oxygens (including phenoxy) is 1. The SMILES string of the molecule is COc1cccc(CN(C)c2ccc([C@@H](C)N)cc2Br)c1. The van der Waals surface area contributed by atoms with Crippen molar-refractivity contribution in [1.29, 1.82) is 0 Å². The highest BCUT2D eigenvalue weighted by atomic mass is 79.9. The van der Waals surface area contributed by atoms with Gasteiger partial charge in [0, 0.05) is 24.1 Å². The lowest BCUT2D eigenvalue weighted by molar-refractivity contribution is 0.414. The molecule has 0 spiro atoms. The summed E-state index contributed by atoms with van der Waals surface area (Å²) in [6.45, 7) is 2.80. The van der Waals surface area contributed by atoms with Gasteiger partial charge in [0.25, 0.3) is 0 Å². The molecule has 0 amide bonds. The van der Waals surface area contributed by atoms with Gasteiger partial charge in [0.05, 0.1) is 12.8 Å². The van der Waals surface area contributed by atoms with Crippen molar-refractivity contribution >= 4 is 21.6 Å². The lowest BCUT2D eigenvalue weighted by Gasteiger charge is -2.22. The van der Waals surface area contributed by atoms with E-state index in [0.717, 1.165) is 28.0 Å². The third kappa shape index (κ3) is 3.99. The van der Waals surface area contributed by atoms with Crippen LogP contribution < -0.4 is 15.4 Å². The maximum absolute atomic E-state index is 5.92. The molecule has 0 bridgehead atoms. The number of methoxy groups -OCH3 is 1. The van der Waals surface area contributed by atoms with Gasteiger partial charge in [-0.3, -0.25) is 0 Å². The molecule has 2 aromatic rings. The molecule has 0 heterocycles. The van der Waals surface area contributed by atoms with E-state index in [1.54, 1.807) is 7.11 Å². The second-order valence-electron chi connectivity index (χ2n) is 5.21. The summed E-state index contributed by atoms with van der Waals surface area (Å²) >= 11 is 3.64. The van der Waals surface area contributed by atoms with Crippen molar-refractivity contribution in [2.75, 3.05) is 19.1 Å². The summed E-state index contributed by atoms with van der Waals surface area (Å²) in [4.78, 5) is 2.20. The smallest absolute Gasteiger partial charge is 0.119 e. The lowest BCUT2D eigenvalue weighted by atomic mass is 10.1. The highest BCUT2D eigenvalue weighted by Gasteiger charge is 2.09. The third-order valence-corrected chi connectivity index (χ3v) is 4.10. The van der Waals surface area contributed by atoms with Gasteiger partial charge in [0.1, 0.15) is 5.75 Å². The van der Waals surface area contributed by atoms with Crippen molar-refractivity contribution in [2.24, 2.45) is 5.73 Å². The van der Waals surface area contributed by atoms with Crippen LogP contribution in [0.25, 0.3) is 0 Å². The molecule has 0 saturated carbocycles. The molecular formula is C17H21BrN2O. The van der Waals surface area contributed by atoms with E-state index >= 15 is 0 Å². The Labute approximate surface area is 134 Å². The molecule has 3 nitrogen and oxygen atoms in total. The monoisotopic (exact) mass is 348 g/mol. The Morgan fingerprint density at radius 3 is 2.62 bits per heavy atom. The van der Waals surface area contributed by atoms with Crippen LogP contribution in [0, 0.1) is 0 Å². The van der Waals surface area contributed by atoms with Crippen molar-refractivity contribution in [1.82, 2.24) is 0 Å². The van der Waals surface area contributed by atoms with Crippen LogP contribution in [0.15, 0.2) is 46.9 Å². The van der Waals surface area contributed by atoms with E-state index < -0.39 is 0 Å². The van der Waals surface area contributed by atoms with Crippen molar-refractivity contribution in [3.8, 4) is 5.75 Å². The molecule has 2 aromatic carbocycles. The Morgan fingerprint density at radius 2 is 2.00 bits per heavy atom. The summed E-state index contributed by atoms with van der Waals surface area (Å²) < 4.78 is 6.32. The second-order valence-corrected chi connectivity index (χ2v) is 6.06. The van der Waals surface area contributed by atoms with E-state index in [1.807, 2.05) is 19.1 Å². The van der Waals surface area contributed by atoms with Crippen molar-refractivity contribution in [3.63, 3.8) is 0 Å². The molecule has 0 fully saturated rings. The zero-order valence-corrected chi connectivity index (χ0v) is 14.2. The largest absolute Gasteiger partial charge is 0.497 e. The van der Waals surface area contributed by atoms with Crippen LogP contribution in [0.3, 0.4) is 0 Å². The van der Waals surface area contributed by atoms with Gasteiger partial charge in [-0.15, -0.1) is 0 Å². The lowest BCUT2D eigenvalue weighted by Crippen LogP contribution is -2.17. The summed E-state index contributed by atoms with van der Waals surface area (Å²) in [5.41, 5.74) is 9.39. The van der Waals surface area contributed by atoms with Crippen LogP contribution in [-0.4, -0.2) is 14.2 Å². The summed E-state index contributed by atoms with van der Waals surface area (Å²) in [5.74, 6) is 0.882. The first kappa shape index (κ1) is 15.9. The maximum Gasteiger partial charge on any atom is 0.119 e. The fourth-order valence-electron chi connectivity index (χ4n) is 2.25. The summed E-state index contributed by atoms with van der Waals surface area (Å²) in [6.07, 6.45) is 0. The summed E-state index contributed by atoms with van der Waals surface area (Å²) in [6, 6.07) is 14.4. The van der Waals surface area contributed by atoms with Crippen LogP contribution in [0.5, 0.6) is 5.75 Å². The molecule has 4 heteroatoms. The Morgan fingerprint density at radius 1 is 1.24 bits per heavy atom. The van der Waals surface area contributed by atoms with Gasteiger partial charge in [-0.25, -0.2) is 0 Å². The van der Waals surface area contributed by atoms with Crippen molar-refractivity contribution in [2.45, 2.75) is 19.5 Å². The third-order valence-electron chi connectivity index (χ3n) is 3.46. The van der Waals surface area contributed by atoms with Gasteiger partial charge < -0.3 is 15.4 Å². The van der Waals surface area contributed by atoms with Gasteiger partial charge in [0.15, 0.2) is 0 Å². The maximum atomic E-state index is 5.92. The molecule has 0 aliphatic rings. The fraction of sp³-hybridized carbons (Fsp3) is 0.294. The number of nitrogens with two attached hydrogens (primary N) is 1. The van der Waals surface area contributed by atoms with E-state index in [-0.39, 0.29) is 6.04 Å². The average molecular weight is 349 g/mol. The number of rotatable bonds is 5. The molecule has 112 valence electrons. The van der Waals surface area contributed by atoms with Crippen LogP contribution in [-0.2, 0) is 6.54 Å². The minimum Gasteiger partial charge on any atom is -0.497 e. The predicted molar refractivity (Wildman–Crippen MR) is 91.8 cm³/mol. The molecule has 0 saturated heterocycles. The molecule has 21 heavy (non-hydrogen) atoms. The molecular weight excluding hydrogens is 328 g/mol. The van der Waals surface area contributed by atoms with E-state index in [4.69, 9.17) is 10.5 Å². The molecule has 2 N–H and O–H groups in total. The van der Waals surface area contributed by atoms with E-state index in [2.05, 4.69) is 58.2 Å². The molecule has 0 unspecified atom stereocenters. The van der Waals surface area contributed by atoms with Crippen LogP contribution in [0.4, 0.5) is 5.69 Å². The number of halogens is 1. The average Bonchev–Trinajstić information content (AvgIpc) is 2.47.